The van der Waals surface area contributed by atoms with Crippen LogP contribution >= 0.6 is 11.6 Å². The number of benzene rings is 2. The quantitative estimate of drug-likeness (QED) is 0.683. The van der Waals surface area contributed by atoms with Crippen molar-refractivity contribution >= 4 is 39.2 Å². The van der Waals surface area contributed by atoms with E-state index in [4.69, 9.17) is 16.3 Å². The lowest BCUT2D eigenvalue weighted by Gasteiger charge is -2.14. The third-order valence-electron chi connectivity index (χ3n) is 3.50. The van der Waals surface area contributed by atoms with E-state index in [2.05, 4.69) is 10.0 Å². The normalized spacial score (nSPS) is 12.3. The zero-order chi connectivity index (χ0) is 20.0. The Morgan fingerprint density at radius 3 is 2.33 bits per heavy atom. The summed E-state index contributed by atoms with van der Waals surface area (Å²) in [4.78, 5) is 23.0. The van der Waals surface area contributed by atoms with Gasteiger partial charge in [-0.25, -0.2) is 8.42 Å². The highest BCUT2D eigenvalue weighted by atomic mass is 35.5. The highest BCUT2D eigenvalue weighted by molar-refractivity contribution is 7.89. The second kappa shape index (κ2) is 8.98. The van der Waals surface area contributed by atoms with Crippen molar-refractivity contribution in [3.63, 3.8) is 0 Å². The van der Waals surface area contributed by atoms with E-state index in [1.165, 1.54) is 38.1 Å². The molecule has 9 heteroatoms. The first-order valence-corrected chi connectivity index (χ1v) is 9.85. The Labute approximate surface area is 162 Å². The van der Waals surface area contributed by atoms with E-state index in [1.807, 2.05) is 0 Å². The molecule has 2 aromatic carbocycles. The predicted molar refractivity (Wildman–Crippen MR) is 102 cm³/mol. The van der Waals surface area contributed by atoms with E-state index in [-0.39, 0.29) is 17.4 Å². The number of ether oxygens (including phenoxy) is 1. The second-order valence-electron chi connectivity index (χ2n) is 5.75. The lowest BCUT2D eigenvalue weighted by Crippen LogP contribution is -2.39. The van der Waals surface area contributed by atoms with E-state index >= 15 is 0 Å². The summed E-state index contributed by atoms with van der Waals surface area (Å²) in [6.07, 6.45) is 0. The third kappa shape index (κ3) is 6.06. The number of hydrogen-bond acceptors (Lipinski definition) is 5. The number of esters is 1. The Morgan fingerprint density at radius 2 is 1.74 bits per heavy atom. The lowest BCUT2D eigenvalue weighted by molar-refractivity contribution is -0.146. The number of carbonyl (C=O) groups excluding carboxylic acids is 2. The minimum absolute atomic E-state index is 0.0395. The van der Waals surface area contributed by atoms with Gasteiger partial charge in [0.05, 0.1) is 4.90 Å². The van der Waals surface area contributed by atoms with Crippen LogP contribution in [0.2, 0.25) is 5.02 Å². The van der Waals surface area contributed by atoms with Gasteiger partial charge in [0, 0.05) is 23.2 Å². The highest BCUT2D eigenvalue weighted by Crippen LogP contribution is 2.17. The van der Waals surface area contributed by atoms with Crippen molar-refractivity contribution in [3.05, 3.63) is 59.1 Å². The smallest absolute Gasteiger partial charge is 0.324 e. The average Bonchev–Trinajstić information content (AvgIpc) is 2.60. The van der Waals surface area contributed by atoms with Gasteiger partial charge in [0.2, 0.25) is 15.9 Å². The van der Waals surface area contributed by atoms with E-state index < -0.39 is 22.0 Å². The highest BCUT2D eigenvalue weighted by Gasteiger charge is 2.23. The Hall–Kier alpha value is -2.42. The summed E-state index contributed by atoms with van der Waals surface area (Å²) < 4.78 is 32.1. The maximum atomic E-state index is 12.4. The molecule has 144 valence electrons. The summed E-state index contributed by atoms with van der Waals surface area (Å²) in [7, 11) is -3.93. The molecule has 2 N–H and O–H groups in total. The average molecular weight is 411 g/mol. The molecular weight excluding hydrogens is 392 g/mol. The van der Waals surface area contributed by atoms with Crippen molar-refractivity contribution in [2.45, 2.75) is 31.4 Å². The van der Waals surface area contributed by atoms with Gasteiger partial charge >= 0.3 is 5.97 Å². The van der Waals surface area contributed by atoms with Gasteiger partial charge in [-0.3, -0.25) is 9.59 Å². The molecule has 0 aromatic heterocycles. The van der Waals surface area contributed by atoms with E-state index in [0.29, 0.717) is 16.3 Å². The molecule has 1 atom stereocenters. The molecule has 0 spiro atoms. The first-order valence-electron chi connectivity index (χ1n) is 7.99. The van der Waals surface area contributed by atoms with Crippen LogP contribution in [0.15, 0.2) is 53.4 Å². The summed E-state index contributed by atoms with van der Waals surface area (Å²) in [5, 5.41) is 3.00. The van der Waals surface area contributed by atoms with Crippen LogP contribution in [0.1, 0.15) is 19.4 Å². The van der Waals surface area contributed by atoms with Crippen molar-refractivity contribution in [2.24, 2.45) is 0 Å². The molecule has 0 saturated heterocycles. The molecule has 7 nitrogen and oxygen atoms in total. The van der Waals surface area contributed by atoms with Crippen LogP contribution in [0.25, 0.3) is 0 Å². The standard InChI is InChI=1S/C18H19ClN2O5S/c1-12(18(23)26-11-14-5-3-4-6-17(14)19)21-27(24,25)16-9-7-15(8-10-16)20-13(2)22/h3-10,12,21H,11H2,1-2H3,(H,20,22)/t12-/m0/s1. The third-order valence-corrected chi connectivity index (χ3v) is 5.42. The Kier molecular flexibility index (Phi) is 6.95. The van der Waals surface area contributed by atoms with Gasteiger partial charge in [-0.2, -0.15) is 4.72 Å². The number of amides is 1. The molecule has 0 fully saturated rings. The molecule has 0 heterocycles. The van der Waals surface area contributed by atoms with Crippen LogP contribution in [0.3, 0.4) is 0 Å². The monoisotopic (exact) mass is 410 g/mol. The fourth-order valence-corrected chi connectivity index (χ4v) is 3.54. The number of anilines is 1. The topological polar surface area (TPSA) is 102 Å². The molecule has 0 aliphatic carbocycles. The SMILES string of the molecule is CC(=O)Nc1ccc(S(=O)(=O)N[C@@H](C)C(=O)OCc2ccccc2Cl)cc1. The molecule has 0 bridgehead atoms. The van der Waals surface area contributed by atoms with Crippen molar-refractivity contribution < 1.29 is 22.7 Å². The number of hydrogen-bond donors (Lipinski definition) is 2. The molecular formula is C18H19ClN2O5S. The summed E-state index contributed by atoms with van der Waals surface area (Å²) in [6, 6.07) is 11.4. The number of halogens is 1. The number of rotatable bonds is 7. The molecule has 0 radical (unpaired) electrons. The van der Waals surface area contributed by atoms with Crippen LogP contribution in [-0.2, 0) is 31.0 Å². The van der Waals surface area contributed by atoms with E-state index in [1.54, 1.807) is 24.3 Å². The van der Waals surface area contributed by atoms with Crippen LogP contribution in [-0.4, -0.2) is 26.3 Å². The van der Waals surface area contributed by atoms with Crippen molar-refractivity contribution in [1.82, 2.24) is 4.72 Å². The number of sulfonamides is 1. The molecule has 2 rings (SSSR count). The van der Waals surface area contributed by atoms with Gasteiger partial charge in [-0.1, -0.05) is 29.8 Å². The molecule has 0 aliphatic rings. The minimum Gasteiger partial charge on any atom is -0.460 e. The van der Waals surface area contributed by atoms with Gasteiger partial charge in [0.25, 0.3) is 0 Å². The van der Waals surface area contributed by atoms with Crippen molar-refractivity contribution in [2.75, 3.05) is 5.32 Å². The van der Waals surface area contributed by atoms with Crippen LogP contribution in [0, 0.1) is 0 Å². The summed E-state index contributed by atoms with van der Waals surface area (Å²) in [6.45, 7) is 2.68. The zero-order valence-corrected chi connectivity index (χ0v) is 16.3. The number of carbonyl (C=O) groups is 2. The van der Waals surface area contributed by atoms with E-state index in [0.717, 1.165) is 0 Å². The van der Waals surface area contributed by atoms with Crippen molar-refractivity contribution in [1.29, 1.82) is 0 Å². The Morgan fingerprint density at radius 1 is 1.11 bits per heavy atom. The van der Waals surface area contributed by atoms with Gasteiger partial charge in [-0.05, 0) is 37.3 Å². The Bertz CT molecular complexity index is 929. The molecule has 2 aromatic rings. The second-order valence-corrected chi connectivity index (χ2v) is 7.87. The summed E-state index contributed by atoms with van der Waals surface area (Å²) >= 11 is 5.99. The molecule has 0 saturated carbocycles. The molecule has 1 amide bonds. The van der Waals surface area contributed by atoms with Crippen molar-refractivity contribution in [3.8, 4) is 0 Å². The molecule has 0 unspecified atom stereocenters. The molecule has 27 heavy (non-hydrogen) atoms. The van der Waals surface area contributed by atoms with Gasteiger partial charge in [-0.15, -0.1) is 0 Å². The van der Waals surface area contributed by atoms with E-state index in [9.17, 15) is 18.0 Å². The number of nitrogens with one attached hydrogen (secondary N) is 2. The van der Waals surface area contributed by atoms with Gasteiger partial charge in [0.15, 0.2) is 0 Å². The van der Waals surface area contributed by atoms with Crippen LogP contribution < -0.4 is 10.0 Å². The minimum atomic E-state index is -3.93. The maximum Gasteiger partial charge on any atom is 0.324 e. The van der Waals surface area contributed by atoms with Crippen LogP contribution in [0.5, 0.6) is 0 Å². The van der Waals surface area contributed by atoms with Gasteiger partial charge < -0.3 is 10.1 Å². The zero-order valence-electron chi connectivity index (χ0n) is 14.7. The predicted octanol–water partition coefficient (Wildman–Crippen LogP) is 2.71. The Balaban J connectivity index is 1.98. The fraction of sp³-hybridized carbons (Fsp3) is 0.222. The lowest BCUT2D eigenvalue weighted by atomic mass is 10.2. The first-order chi connectivity index (χ1) is 12.7. The summed E-state index contributed by atoms with van der Waals surface area (Å²) in [5.41, 5.74) is 1.09. The molecule has 0 aliphatic heterocycles. The first kappa shape index (κ1) is 20.9. The largest absolute Gasteiger partial charge is 0.460 e. The fourth-order valence-electron chi connectivity index (χ4n) is 2.16. The maximum absolute atomic E-state index is 12.4. The van der Waals surface area contributed by atoms with Gasteiger partial charge in [0.1, 0.15) is 12.6 Å². The summed E-state index contributed by atoms with van der Waals surface area (Å²) in [5.74, 6) is -0.994. The van der Waals surface area contributed by atoms with Crippen LogP contribution in [0.4, 0.5) is 5.69 Å².